The Balaban J connectivity index is 2.32. The second-order valence-electron chi connectivity index (χ2n) is 6.32. The Hall–Kier alpha value is -3.03. The van der Waals surface area contributed by atoms with E-state index < -0.39 is 9.85 Å². The number of hydrogen-bond donors (Lipinski definition) is 1. The Morgan fingerprint density at radius 2 is 1.92 bits per heavy atom. The summed E-state index contributed by atoms with van der Waals surface area (Å²) >= 11 is 0. The van der Waals surface area contributed by atoms with E-state index in [1.54, 1.807) is 0 Å². The molecule has 0 amide bonds. The molecule has 8 heteroatoms. The highest BCUT2D eigenvalue weighted by molar-refractivity contribution is 5.97. The lowest BCUT2D eigenvalue weighted by Crippen LogP contribution is -2.13. The van der Waals surface area contributed by atoms with Gasteiger partial charge in [0.2, 0.25) is 0 Å². The van der Waals surface area contributed by atoms with E-state index in [0.29, 0.717) is 6.42 Å². The molecule has 1 aromatic carbocycles. The number of anilines is 1. The molecule has 2 rings (SSSR count). The van der Waals surface area contributed by atoms with E-state index in [9.17, 15) is 20.2 Å². The normalized spacial score (nSPS) is 18.0. The van der Waals surface area contributed by atoms with Gasteiger partial charge in [0, 0.05) is 12.5 Å². The molecule has 8 nitrogen and oxygen atoms in total. The van der Waals surface area contributed by atoms with Gasteiger partial charge < -0.3 is 0 Å². The number of nitro benzene ring substituents is 2. The molecule has 0 aromatic heterocycles. The maximum absolute atomic E-state index is 11.1. The Kier molecular flexibility index (Phi) is 4.77. The van der Waals surface area contributed by atoms with Gasteiger partial charge in [-0.25, -0.2) is 0 Å². The molecule has 0 radical (unpaired) electrons. The van der Waals surface area contributed by atoms with Crippen LogP contribution in [0.4, 0.5) is 17.1 Å². The first kappa shape index (κ1) is 17.3. The predicted octanol–water partition coefficient (Wildman–Crippen LogP) is 4.20. The van der Waals surface area contributed by atoms with Crippen molar-refractivity contribution >= 4 is 22.8 Å². The Morgan fingerprint density at radius 1 is 1.21 bits per heavy atom. The van der Waals surface area contributed by atoms with Crippen LogP contribution in [0, 0.1) is 25.6 Å². The van der Waals surface area contributed by atoms with Crippen molar-refractivity contribution in [3.8, 4) is 0 Å². The zero-order valence-electron chi connectivity index (χ0n) is 13.6. The van der Waals surface area contributed by atoms with Gasteiger partial charge in [-0.05, 0) is 30.1 Å². The summed E-state index contributed by atoms with van der Waals surface area (Å²) in [5.41, 5.74) is 3.74. The maximum Gasteiger partial charge on any atom is 0.301 e. The number of rotatable bonds is 4. The lowest BCUT2D eigenvalue weighted by Gasteiger charge is -2.18. The predicted molar refractivity (Wildman–Crippen MR) is 92.1 cm³/mol. The zero-order chi connectivity index (χ0) is 17.9. The molecule has 0 atom stereocenters. The van der Waals surface area contributed by atoms with Gasteiger partial charge in [0.1, 0.15) is 5.69 Å². The third kappa shape index (κ3) is 4.25. The van der Waals surface area contributed by atoms with Crippen molar-refractivity contribution in [2.75, 3.05) is 5.43 Å². The summed E-state index contributed by atoms with van der Waals surface area (Å²) in [5, 5.41) is 26.1. The number of allylic oxidation sites excluding steroid dienone is 4. The van der Waals surface area contributed by atoms with Crippen LogP contribution in [0.5, 0.6) is 0 Å². The van der Waals surface area contributed by atoms with Crippen molar-refractivity contribution in [3.05, 3.63) is 62.2 Å². The van der Waals surface area contributed by atoms with Gasteiger partial charge >= 0.3 is 5.69 Å². The third-order valence-corrected chi connectivity index (χ3v) is 3.54. The molecule has 0 fully saturated rings. The third-order valence-electron chi connectivity index (χ3n) is 3.54. The molecule has 0 heterocycles. The summed E-state index contributed by atoms with van der Waals surface area (Å²) in [6.45, 7) is 6.08. The SMILES string of the molecule is CC1=C/C(=N/Nc2ccc([N+](=O)[O-])cc2[N+](=O)[O-])CC(C)(C)C=C1. The number of benzene rings is 1. The van der Waals surface area contributed by atoms with E-state index in [2.05, 4.69) is 30.5 Å². The Bertz CT molecular complexity index is 778. The van der Waals surface area contributed by atoms with Gasteiger partial charge in [0.25, 0.3) is 5.69 Å². The summed E-state index contributed by atoms with van der Waals surface area (Å²) in [5.74, 6) is 0. The number of hydrogen-bond acceptors (Lipinski definition) is 6. The molecule has 126 valence electrons. The number of nitrogens with zero attached hydrogens (tertiary/aromatic N) is 3. The minimum Gasteiger partial charge on any atom is -0.271 e. The van der Waals surface area contributed by atoms with Crippen molar-refractivity contribution in [1.82, 2.24) is 0 Å². The van der Waals surface area contributed by atoms with Crippen LogP contribution in [0.3, 0.4) is 0 Å². The first-order valence-electron chi connectivity index (χ1n) is 7.31. The molecule has 1 N–H and O–H groups in total. The molecular weight excluding hydrogens is 312 g/mol. The van der Waals surface area contributed by atoms with Crippen molar-refractivity contribution in [1.29, 1.82) is 0 Å². The highest BCUT2D eigenvalue weighted by atomic mass is 16.6. The molecule has 0 unspecified atom stereocenters. The molecule has 0 aliphatic heterocycles. The van der Waals surface area contributed by atoms with Crippen molar-refractivity contribution in [2.45, 2.75) is 27.2 Å². The summed E-state index contributed by atoms with van der Waals surface area (Å²) in [6.07, 6.45) is 6.66. The number of hydrazone groups is 1. The number of nitro groups is 2. The molecule has 24 heavy (non-hydrogen) atoms. The summed E-state index contributed by atoms with van der Waals surface area (Å²) < 4.78 is 0. The summed E-state index contributed by atoms with van der Waals surface area (Å²) in [7, 11) is 0. The summed E-state index contributed by atoms with van der Waals surface area (Å²) in [6, 6.07) is 3.41. The fourth-order valence-electron chi connectivity index (χ4n) is 2.33. The second kappa shape index (κ2) is 6.61. The van der Waals surface area contributed by atoms with Gasteiger partial charge in [-0.15, -0.1) is 0 Å². The van der Waals surface area contributed by atoms with Crippen molar-refractivity contribution < 1.29 is 9.85 Å². The van der Waals surface area contributed by atoms with Gasteiger partial charge in [-0.1, -0.05) is 26.0 Å². The molecule has 1 aliphatic carbocycles. The quantitative estimate of drug-likeness (QED) is 0.657. The van der Waals surface area contributed by atoms with E-state index in [-0.39, 0.29) is 22.5 Å². The van der Waals surface area contributed by atoms with Gasteiger partial charge in [-0.2, -0.15) is 5.10 Å². The fraction of sp³-hybridized carbons (Fsp3) is 0.312. The molecule has 1 aliphatic rings. The smallest absolute Gasteiger partial charge is 0.271 e. The topological polar surface area (TPSA) is 111 Å². The first-order chi connectivity index (χ1) is 11.2. The van der Waals surface area contributed by atoms with E-state index in [1.165, 1.54) is 12.1 Å². The largest absolute Gasteiger partial charge is 0.301 e. The Morgan fingerprint density at radius 3 is 2.54 bits per heavy atom. The second-order valence-corrected chi connectivity index (χ2v) is 6.32. The molecule has 0 bridgehead atoms. The maximum atomic E-state index is 11.1. The highest BCUT2D eigenvalue weighted by Gasteiger charge is 2.21. The lowest BCUT2D eigenvalue weighted by atomic mass is 9.88. The molecule has 1 aromatic rings. The van der Waals surface area contributed by atoms with Crippen LogP contribution in [0.15, 0.2) is 47.1 Å². The summed E-state index contributed by atoms with van der Waals surface area (Å²) in [4.78, 5) is 20.5. The van der Waals surface area contributed by atoms with E-state index in [0.717, 1.165) is 17.4 Å². The average molecular weight is 330 g/mol. The van der Waals surface area contributed by atoms with Crippen LogP contribution >= 0.6 is 0 Å². The van der Waals surface area contributed by atoms with Crippen LogP contribution in [0.2, 0.25) is 0 Å². The lowest BCUT2D eigenvalue weighted by molar-refractivity contribution is -0.393. The molecule has 0 saturated heterocycles. The van der Waals surface area contributed by atoms with Crippen LogP contribution in [-0.4, -0.2) is 15.6 Å². The molecule has 0 spiro atoms. The number of non-ortho nitro benzene ring substituents is 1. The molecule has 0 saturated carbocycles. The van der Waals surface area contributed by atoms with E-state index >= 15 is 0 Å². The molecular formula is C16H18N4O4. The minimum atomic E-state index is -0.672. The standard InChI is InChI=1S/C16H18N4O4/c1-11-6-7-16(2,3)10-12(8-11)17-18-14-5-4-13(19(21)22)9-15(14)20(23)24/h4-9,18H,10H2,1-3H3/b17-12-. The van der Waals surface area contributed by atoms with Crippen molar-refractivity contribution in [2.24, 2.45) is 10.5 Å². The van der Waals surface area contributed by atoms with Gasteiger partial charge in [0.05, 0.1) is 21.6 Å². The van der Waals surface area contributed by atoms with Crippen LogP contribution in [0.25, 0.3) is 0 Å². The average Bonchev–Trinajstić information content (AvgIpc) is 2.62. The first-order valence-corrected chi connectivity index (χ1v) is 7.31. The zero-order valence-corrected chi connectivity index (χ0v) is 13.6. The fourth-order valence-corrected chi connectivity index (χ4v) is 2.33. The Labute approximate surface area is 138 Å². The van der Waals surface area contributed by atoms with E-state index in [4.69, 9.17) is 0 Å². The minimum absolute atomic E-state index is 0.0871. The number of nitrogens with one attached hydrogen (secondary N) is 1. The van der Waals surface area contributed by atoms with Crippen LogP contribution in [0.1, 0.15) is 27.2 Å². The van der Waals surface area contributed by atoms with E-state index in [1.807, 2.05) is 19.1 Å². The monoisotopic (exact) mass is 330 g/mol. The van der Waals surface area contributed by atoms with Crippen LogP contribution in [-0.2, 0) is 0 Å². The highest BCUT2D eigenvalue weighted by Crippen LogP contribution is 2.30. The van der Waals surface area contributed by atoms with Crippen LogP contribution < -0.4 is 5.43 Å². The van der Waals surface area contributed by atoms with Gasteiger partial charge in [0.15, 0.2) is 0 Å². The van der Waals surface area contributed by atoms with Crippen molar-refractivity contribution in [3.63, 3.8) is 0 Å². The van der Waals surface area contributed by atoms with Gasteiger partial charge in [-0.3, -0.25) is 25.7 Å².